The Labute approximate surface area is 139 Å². The molecule has 0 N–H and O–H groups in total. The summed E-state index contributed by atoms with van der Waals surface area (Å²) in [5, 5.41) is 0. The number of rotatable bonds is 4. The minimum Gasteiger partial charge on any atom is -0.748 e. The lowest BCUT2D eigenvalue weighted by Gasteiger charge is -2.36. The number of benzene rings is 1. The Bertz CT molecular complexity index is 740. The predicted octanol–water partition coefficient (Wildman–Crippen LogP) is -0.160. The van der Waals surface area contributed by atoms with E-state index in [1.807, 2.05) is 0 Å². The molecule has 134 valence electrons. The Morgan fingerprint density at radius 2 is 1.40 bits per heavy atom. The first-order chi connectivity index (χ1) is 11.0. The number of hydrogen-bond donors (Lipinski definition) is 0. The monoisotopic (exact) mass is 385 g/mol. The molecule has 0 unspecified atom stereocenters. The standard InChI is InChI=1S/C11H6B2F6O5S/c12-6-1-5(2-7(13)3-6)8(20)24-9(10(14,15)16,11(17,18)19)4-25(21,22)23/h1-3H,4H2,(H,21,22,23)/p-1. The normalized spacial score (nSPS) is 13.6. The van der Waals surface area contributed by atoms with E-state index in [4.69, 9.17) is 15.7 Å². The number of hydrogen-bond acceptors (Lipinski definition) is 5. The van der Waals surface area contributed by atoms with Crippen LogP contribution in [0.3, 0.4) is 0 Å². The zero-order chi connectivity index (χ0) is 19.8. The first-order valence-corrected chi connectivity index (χ1v) is 7.53. The molecular weight excluding hydrogens is 380 g/mol. The van der Waals surface area contributed by atoms with Crippen LogP contribution in [0, 0.1) is 0 Å². The van der Waals surface area contributed by atoms with Crippen LogP contribution < -0.4 is 10.9 Å². The molecule has 0 aromatic heterocycles. The third-order valence-electron chi connectivity index (χ3n) is 2.78. The Hall–Kier alpha value is -1.69. The van der Waals surface area contributed by atoms with Gasteiger partial charge in [0.1, 0.15) is 15.7 Å². The molecule has 0 aliphatic heterocycles. The second kappa shape index (κ2) is 6.56. The van der Waals surface area contributed by atoms with Crippen molar-refractivity contribution in [2.24, 2.45) is 0 Å². The van der Waals surface area contributed by atoms with E-state index in [0.29, 0.717) is 12.1 Å². The molecule has 0 atom stereocenters. The third kappa shape index (κ3) is 4.91. The average Bonchev–Trinajstić information content (AvgIpc) is 2.32. The molecule has 0 aliphatic carbocycles. The fraction of sp³-hybridized carbons (Fsp3) is 0.364. The van der Waals surface area contributed by atoms with Crippen LogP contribution in [0.1, 0.15) is 10.4 Å². The number of carbonyl (C=O) groups is 1. The van der Waals surface area contributed by atoms with Gasteiger partial charge in [0.2, 0.25) is 0 Å². The van der Waals surface area contributed by atoms with E-state index in [9.17, 15) is 44.1 Å². The maximum atomic E-state index is 13.0. The van der Waals surface area contributed by atoms with Gasteiger partial charge >= 0.3 is 23.9 Å². The van der Waals surface area contributed by atoms with Crippen LogP contribution in [-0.2, 0) is 14.9 Å². The zero-order valence-corrected chi connectivity index (χ0v) is 12.6. The molecule has 5 nitrogen and oxygen atoms in total. The Morgan fingerprint density at radius 1 is 1.00 bits per heavy atom. The van der Waals surface area contributed by atoms with Crippen LogP contribution in [0.2, 0.25) is 0 Å². The Kier molecular flexibility index (Phi) is 5.60. The van der Waals surface area contributed by atoms with Crippen molar-refractivity contribution in [3.05, 3.63) is 23.8 Å². The van der Waals surface area contributed by atoms with E-state index in [2.05, 4.69) is 4.74 Å². The molecule has 0 heterocycles. The van der Waals surface area contributed by atoms with Gasteiger partial charge < -0.3 is 9.29 Å². The summed E-state index contributed by atoms with van der Waals surface area (Å²) in [5.41, 5.74) is -7.03. The highest BCUT2D eigenvalue weighted by Gasteiger charge is 2.75. The Morgan fingerprint density at radius 3 is 1.72 bits per heavy atom. The number of halogens is 6. The van der Waals surface area contributed by atoms with Gasteiger partial charge in [0.05, 0.1) is 21.4 Å². The van der Waals surface area contributed by atoms with E-state index < -0.39 is 45.4 Å². The van der Waals surface area contributed by atoms with E-state index in [1.54, 1.807) is 0 Å². The van der Waals surface area contributed by atoms with Crippen LogP contribution in [-0.4, -0.2) is 58.3 Å². The molecule has 0 fully saturated rings. The first-order valence-electron chi connectivity index (χ1n) is 5.95. The van der Waals surface area contributed by atoms with Crippen molar-refractivity contribution in [3.8, 4) is 0 Å². The largest absolute Gasteiger partial charge is 0.748 e. The van der Waals surface area contributed by atoms with Gasteiger partial charge in [-0.25, -0.2) is 13.2 Å². The SMILES string of the molecule is [B]c1cc([B])cc(C(=O)OC(CS(=O)(=O)[O-])(C(F)(F)F)C(F)(F)F)c1. The topological polar surface area (TPSA) is 83.5 Å². The molecule has 0 saturated heterocycles. The number of alkyl halides is 6. The van der Waals surface area contributed by atoms with Gasteiger partial charge in [-0.1, -0.05) is 29.1 Å². The highest BCUT2D eigenvalue weighted by Crippen LogP contribution is 2.47. The lowest BCUT2D eigenvalue weighted by atomic mass is 9.85. The van der Waals surface area contributed by atoms with Gasteiger partial charge in [0.25, 0.3) is 0 Å². The van der Waals surface area contributed by atoms with E-state index in [1.165, 1.54) is 0 Å². The molecule has 0 amide bonds. The van der Waals surface area contributed by atoms with Crippen LogP contribution in [0.25, 0.3) is 0 Å². The van der Waals surface area contributed by atoms with Crippen LogP contribution in [0.15, 0.2) is 18.2 Å². The number of carbonyl (C=O) groups excluding carboxylic acids is 1. The van der Waals surface area contributed by atoms with E-state index >= 15 is 0 Å². The van der Waals surface area contributed by atoms with E-state index in [0.717, 1.165) is 6.07 Å². The van der Waals surface area contributed by atoms with Crippen molar-refractivity contribution in [2.45, 2.75) is 18.0 Å². The minimum absolute atomic E-state index is 0.284. The van der Waals surface area contributed by atoms with Crippen molar-refractivity contribution >= 4 is 42.7 Å². The average molecular weight is 385 g/mol. The molecule has 0 saturated carbocycles. The minimum atomic E-state index is -6.45. The van der Waals surface area contributed by atoms with Crippen LogP contribution in [0.4, 0.5) is 26.3 Å². The number of esters is 1. The number of ether oxygens (including phenoxy) is 1. The quantitative estimate of drug-likeness (QED) is 0.312. The molecule has 25 heavy (non-hydrogen) atoms. The molecule has 0 aliphatic rings. The summed E-state index contributed by atoms with van der Waals surface area (Å²) in [4.78, 5) is 11.7. The lowest BCUT2D eigenvalue weighted by molar-refractivity contribution is -0.356. The predicted molar refractivity (Wildman–Crippen MR) is 72.0 cm³/mol. The second-order valence-corrected chi connectivity index (χ2v) is 6.21. The van der Waals surface area contributed by atoms with Crippen molar-refractivity contribution in [2.75, 3.05) is 5.75 Å². The van der Waals surface area contributed by atoms with Gasteiger partial charge in [-0.3, -0.25) is 0 Å². The van der Waals surface area contributed by atoms with Gasteiger partial charge in [-0.05, 0) is 0 Å². The van der Waals surface area contributed by atoms with Crippen LogP contribution in [0.5, 0.6) is 0 Å². The van der Waals surface area contributed by atoms with Gasteiger partial charge in [0, 0.05) is 0 Å². The summed E-state index contributed by atoms with van der Waals surface area (Å²) in [6.07, 6.45) is -12.9. The molecule has 14 heteroatoms. The lowest BCUT2D eigenvalue weighted by Crippen LogP contribution is -2.63. The van der Waals surface area contributed by atoms with E-state index in [-0.39, 0.29) is 10.9 Å². The summed E-state index contributed by atoms with van der Waals surface area (Å²) in [6.45, 7) is 0. The summed E-state index contributed by atoms with van der Waals surface area (Å²) >= 11 is 0. The summed E-state index contributed by atoms with van der Waals surface area (Å²) in [5.74, 6) is -5.31. The molecule has 1 rings (SSSR count). The maximum absolute atomic E-state index is 13.0. The first kappa shape index (κ1) is 21.4. The van der Waals surface area contributed by atoms with Crippen molar-refractivity contribution in [1.29, 1.82) is 0 Å². The summed E-state index contributed by atoms with van der Waals surface area (Å²) < 4.78 is 113. The molecule has 4 radical (unpaired) electrons. The highest BCUT2D eigenvalue weighted by atomic mass is 32.2. The summed E-state index contributed by atoms with van der Waals surface area (Å²) in [7, 11) is 4.40. The highest BCUT2D eigenvalue weighted by molar-refractivity contribution is 7.85. The second-order valence-electron chi connectivity index (χ2n) is 4.80. The molecule has 1 aromatic carbocycles. The maximum Gasteiger partial charge on any atom is 0.438 e. The fourth-order valence-electron chi connectivity index (χ4n) is 1.73. The Balaban J connectivity index is 3.49. The van der Waals surface area contributed by atoms with Crippen molar-refractivity contribution in [3.63, 3.8) is 0 Å². The third-order valence-corrected chi connectivity index (χ3v) is 3.54. The van der Waals surface area contributed by atoms with Gasteiger partial charge in [0.15, 0.2) is 0 Å². The van der Waals surface area contributed by atoms with Gasteiger partial charge in [-0.2, -0.15) is 26.3 Å². The molecule has 1 aromatic rings. The van der Waals surface area contributed by atoms with Crippen molar-refractivity contribution in [1.82, 2.24) is 0 Å². The fourth-order valence-corrected chi connectivity index (χ4v) is 2.61. The molecular formula is C11H5B2F6O5S-. The zero-order valence-electron chi connectivity index (χ0n) is 11.8. The smallest absolute Gasteiger partial charge is 0.438 e. The van der Waals surface area contributed by atoms with Gasteiger partial charge in [-0.15, -0.1) is 0 Å². The van der Waals surface area contributed by atoms with Crippen LogP contribution >= 0.6 is 0 Å². The molecule has 0 spiro atoms. The summed E-state index contributed by atoms with van der Waals surface area (Å²) in [6, 6.07) is 2.35. The van der Waals surface area contributed by atoms with Crippen molar-refractivity contribution < 1.29 is 48.8 Å². The molecule has 0 bridgehead atoms.